The summed E-state index contributed by atoms with van der Waals surface area (Å²) in [5, 5.41) is 0. The van der Waals surface area contributed by atoms with Crippen molar-refractivity contribution in [2.75, 3.05) is 55.5 Å². The summed E-state index contributed by atoms with van der Waals surface area (Å²) in [5.41, 5.74) is -0.375. The monoisotopic (exact) mass is 587 g/mol. The normalized spacial score (nSPS) is 15.6. The second-order valence-electron chi connectivity index (χ2n) is 8.78. The standard InChI is InChI=1S/C6H12BO2.3C6H15P.Rh/c1-5(2)6(3,4)9-7-8-5;3*1-4-7(5-2)6-3;/h1-4H3;3*4-6H2,1-3H3;/p+3. The first-order valence-electron chi connectivity index (χ1n) is 12.7. The van der Waals surface area contributed by atoms with Gasteiger partial charge in [-0.2, -0.15) is 0 Å². The van der Waals surface area contributed by atoms with Crippen molar-refractivity contribution < 1.29 is 28.8 Å². The Kier molecular flexibility index (Phi) is 32.3. The van der Waals surface area contributed by atoms with Crippen molar-refractivity contribution in [3.05, 3.63) is 0 Å². The van der Waals surface area contributed by atoms with Gasteiger partial charge in [0.05, 0.1) is 66.7 Å². The minimum atomic E-state index is -0.188. The molecule has 192 valence electrons. The molecule has 1 aliphatic rings. The van der Waals surface area contributed by atoms with Gasteiger partial charge in [0, 0.05) is 19.5 Å². The minimum Gasteiger partial charge on any atom is -0.405 e. The van der Waals surface area contributed by atoms with Gasteiger partial charge in [-0.05, 0) is 114 Å². The van der Waals surface area contributed by atoms with Crippen LogP contribution < -0.4 is 0 Å². The van der Waals surface area contributed by atoms with Gasteiger partial charge in [-0.3, -0.25) is 0 Å². The van der Waals surface area contributed by atoms with Gasteiger partial charge in [-0.15, -0.1) is 0 Å². The molecule has 0 amide bonds. The molecule has 2 nitrogen and oxygen atoms in total. The molecular weight excluding hydrogens is 527 g/mol. The second kappa shape index (κ2) is 25.0. The molecule has 1 heterocycles. The fourth-order valence-electron chi connectivity index (χ4n) is 2.80. The Morgan fingerprint density at radius 1 is 0.452 bits per heavy atom. The van der Waals surface area contributed by atoms with Crippen molar-refractivity contribution in [3.63, 3.8) is 0 Å². The van der Waals surface area contributed by atoms with E-state index in [1.807, 2.05) is 27.7 Å². The Bertz CT molecular complexity index is 291. The van der Waals surface area contributed by atoms with Crippen LogP contribution in [0, 0.1) is 0 Å². The molecule has 1 aliphatic heterocycles. The molecule has 0 unspecified atom stereocenters. The molecule has 1 fully saturated rings. The molecule has 2 radical (unpaired) electrons. The third-order valence-electron chi connectivity index (χ3n) is 6.64. The van der Waals surface area contributed by atoms with E-state index in [0.717, 1.165) is 0 Å². The average molecular weight is 587 g/mol. The van der Waals surface area contributed by atoms with Crippen molar-refractivity contribution in [2.45, 2.75) is 101 Å². The second-order valence-corrected chi connectivity index (χ2v) is 19.6. The largest absolute Gasteiger partial charge is 0.488 e. The van der Waals surface area contributed by atoms with Gasteiger partial charge >= 0.3 is 7.69 Å². The van der Waals surface area contributed by atoms with Crippen LogP contribution in [0.15, 0.2) is 0 Å². The molecule has 0 aromatic heterocycles. The summed E-state index contributed by atoms with van der Waals surface area (Å²) in [5.74, 6) is 0. The topological polar surface area (TPSA) is 18.5 Å². The van der Waals surface area contributed by atoms with Gasteiger partial charge in [0.15, 0.2) is 0 Å². The number of rotatable bonds is 9. The fourth-order valence-corrected chi connectivity index (χ4v) is 7.30. The van der Waals surface area contributed by atoms with E-state index in [1.165, 1.54) is 63.1 Å². The molecule has 0 bridgehead atoms. The molecule has 0 spiro atoms. The van der Waals surface area contributed by atoms with Crippen LogP contribution >= 0.6 is 23.8 Å². The van der Waals surface area contributed by atoms with E-state index in [1.54, 1.807) is 0 Å². The van der Waals surface area contributed by atoms with Crippen LogP contribution in [0.4, 0.5) is 0 Å². The zero-order valence-electron chi connectivity index (χ0n) is 23.6. The summed E-state index contributed by atoms with van der Waals surface area (Å²) in [6, 6.07) is 0. The van der Waals surface area contributed by atoms with E-state index in [-0.39, 0.29) is 54.4 Å². The zero-order valence-corrected chi connectivity index (χ0v) is 28.2. The molecule has 31 heavy (non-hydrogen) atoms. The molecule has 0 atom stereocenters. The maximum absolute atomic E-state index is 5.21. The van der Waals surface area contributed by atoms with E-state index in [9.17, 15) is 0 Å². The number of hydrogen-bond acceptors (Lipinski definition) is 2. The SMILES string of the molecule is CC1(C)O[B]OC1(C)C.CC[PH+](CC)CC.CC[PH+](CC)CC.CC[PH+](CC)CC.[Rh]. The van der Waals surface area contributed by atoms with Gasteiger partial charge in [-0.1, -0.05) is 0 Å². The maximum Gasteiger partial charge on any atom is 0.488 e. The Balaban J connectivity index is -0.000000156. The van der Waals surface area contributed by atoms with Gasteiger partial charge in [0.1, 0.15) is 0 Å². The van der Waals surface area contributed by atoms with Crippen molar-refractivity contribution in [3.8, 4) is 0 Å². The Morgan fingerprint density at radius 2 is 0.613 bits per heavy atom. The molecular formula is C24H60BO2P3Rh+3. The smallest absolute Gasteiger partial charge is 0.405 e. The molecule has 1 rings (SSSR count). The summed E-state index contributed by atoms with van der Waals surface area (Å²) in [7, 11) is 1.83. The van der Waals surface area contributed by atoms with E-state index in [2.05, 4.69) is 62.3 Å². The third kappa shape index (κ3) is 20.9. The van der Waals surface area contributed by atoms with Gasteiger partial charge in [0.2, 0.25) is 0 Å². The first-order valence-corrected chi connectivity index (χ1v) is 19.0. The van der Waals surface area contributed by atoms with Crippen molar-refractivity contribution >= 4 is 31.4 Å². The fraction of sp³-hybridized carbons (Fsp3) is 1.00. The van der Waals surface area contributed by atoms with Crippen LogP contribution in [0.1, 0.15) is 90.0 Å². The maximum atomic E-state index is 5.21. The number of hydrogen-bond donors (Lipinski definition) is 0. The molecule has 7 heteroatoms. The van der Waals surface area contributed by atoms with Crippen LogP contribution in [0.2, 0.25) is 0 Å². The third-order valence-corrected chi connectivity index (χ3v) is 15.6. The van der Waals surface area contributed by atoms with Crippen LogP contribution in [0.5, 0.6) is 0 Å². The van der Waals surface area contributed by atoms with E-state index < -0.39 is 0 Å². The molecule has 0 aromatic rings. The predicted octanol–water partition coefficient (Wildman–Crippen LogP) is 7.90. The average Bonchev–Trinajstić information content (AvgIpc) is 2.98. The molecule has 0 aliphatic carbocycles. The summed E-state index contributed by atoms with van der Waals surface area (Å²) in [4.78, 5) is 0. The minimum absolute atomic E-state index is 0. The Hall–Kier alpha value is 1.90. The summed E-state index contributed by atoms with van der Waals surface area (Å²) in [6.07, 6.45) is 13.1. The first kappa shape index (κ1) is 40.1. The van der Waals surface area contributed by atoms with E-state index in [4.69, 9.17) is 9.31 Å². The van der Waals surface area contributed by atoms with Crippen molar-refractivity contribution in [2.24, 2.45) is 0 Å². The Labute approximate surface area is 216 Å². The molecule has 0 saturated carbocycles. The summed E-state index contributed by atoms with van der Waals surface area (Å²) >= 11 is 0. The summed E-state index contributed by atoms with van der Waals surface area (Å²) < 4.78 is 10.4. The van der Waals surface area contributed by atoms with E-state index >= 15 is 0 Å². The van der Waals surface area contributed by atoms with Crippen LogP contribution in [0.25, 0.3) is 0 Å². The zero-order chi connectivity index (χ0) is 24.2. The van der Waals surface area contributed by atoms with Crippen molar-refractivity contribution in [1.82, 2.24) is 0 Å². The van der Waals surface area contributed by atoms with Crippen LogP contribution in [-0.2, 0) is 28.8 Å². The van der Waals surface area contributed by atoms with E-state index in [0.29, 0.717) is 0 Å². The van der Waals surface area contributed by atoms with Gasteiger partial charge in [-0.25, -0.2) is 0 Å². The molecule has 0 N–H and O–H groups in total. The van der Waals surface area contributed by atoms with Gasteiger partial charge in [0.25, 0.3) is 0 Å². The first-order chi connectivity index (χ1) is 14.0. The molecule has 0 aromatic carbocycles. The predicted molar refractivity (Wildman–Crippen MR) is 156 cm³/mol. The van der Waals surface area contributed by atoms with Crippen LogP contribution in [0.3, 0.4) is 0 Å². The quantitative estimate of drug-likeness (QED) is 0.202. The summed E-state index contributed by atoms with van der Waals surface area (Å²) in [6.45, 7) is 28.8. The van der Waals surface area contributed by atoms with Gasteiger partial charge < -0.3 is 9.31 Å². The van der Waals surface area contributed by atoms with Crippen LogP contribution in [-0.4, -0.2) is 74.3 Å². The molecule has 1 saturated heterocycles. The Morgan fingerprint density at radius 3 is 0.645 bits per heavy atom. The van der Waals surface area contributed by atoms with Crippen molar-refractivity contribution in [1.29, 1.82) is 0 Å².